The molecule has 2 heterocycles. The first-order valence-corrected chi connectivity index (χ1v) is 9.77. The van der Waals surface area contributed by atoms with Crippen molar-refractivity contribution >= 4 is 34.8 Å². The number of nitrogens with zero attached hydrogens (tertiary/aromatic N) is 1. The Balaban J connectivity index is 1.71. The molecule has 5 rings (SSSR count). The number of piperazine rings is 1. The first-order valence-electron chi connectivity index (χ1n) is 9.39. The minimum atomic E-state index is -0.912. The van der Waals surface area contributed by atoms with Gasteiger partial charge in [-0.25, -0.2) is 0 Å². The molecule has 144 valence electrons. The van der Waals surface area contributed by atoms with Crippen molar-refractivity contribution < 1.29 is 14.4 Å². The predicted molar refractivity (Wildman–Crippen MR) is 109 cm³/mol. The number of ketones is 1. The number of benzene rings is 2. The fourth-order valence-electron chi connectivity index (χ4n) is 4.65. The van der Waals surface area contributed by atoms with Gasteiger partial charge in [0, 0.05) is 17.5 Å². The molecular weight excluding hydrogens is 388 g/mol. The van der Waals surface area contributed by atoms with Crippen molar-refractivity contribution in [3.8, 4) is 0 Å². The number of allylic oxidation sites excluding steroid dienone is 1. The molecule has 3 aliphatic rings. The van der Waals surface area contributed by atoms with Gasteiger partial charge in [-0.15, -0.1) is 0 Å². The molecule has 6 heteroatoms. The highest BCUT2D eigenvalue weighted by molar-refractivity contribution is 6.30. The molecule has 0 aromatic heterocycles. The summed E-state index contributed by atoms with van der Waals surface area (Å²) in [5, 5.41) is 3.57. The van der Waals surface area contributed by atoms with Gasteiger partial charge in [0.05, 0.1) is 6.04 Å². The molecule has 0 unspecified atom stereocenters. The monoisotopic (exact) mass is 404 g/mol. The Bertz CT molecular complexity index is 1090. The highest BCUT2D eigenvalue weighted by Gasteiger charge is 2.60. The van der Waals surface area contributed by atoms with Crippen LogP contribution < -0.4 is 5.32 Å². The van der Waals surface area contributed by atoms with Crippen molar-refractivity contribution in [2.24, 2.45) is 0 Å². The molecule has 2 amide bonds. The van der Waals surface area contributed by atoms with Crippen LogP contribution in [0.1, 0.15) is 23.6 Å². The van der Waals surface area contributed by atoms with Gasteiger partial charge in [0.15, 0.2) is 5.78 Å². The maximum absolute atomic E-state index is 13.2. The minimum Gasteiger partial charge on any atom is -0.348 e. The second kappa shape index (κ2) is 6.42. The van der Waals surface area contributed by atoms with Gasteiger partial charge < -0.3 is 10.2 Å². The Morgan fingerprint density at radius 3 is 2.45 bits per heavy atom. The third-order valence-corrected chi connectivity index (χ3v) is 6.14. The van der Waals surface area contributed by atoms with Gasteiger partial charge in [-0.05, 0) is 41.0 Å². The third-order valence-electron chi connectivity index (χ3n) is 5.89. The van der Waals surface area contributed by atoms with E-state index in [0.29, 0.717) is 10.6 Å². The number of rotatable bonds is 2. The number of hydrogen-bond acceptors (Lipinski definition) is 3. The van der Waals surface area contributed by atoms with Gasteiger partial charge in [-0.2, -0.15) is 0 Å². The lowest BCUT2D eigenvalue weighted by Gasteiger charge is -2.52. The van der Waals surface area contributed by atoms with Crippen LogP contribution in [0.3, 0.4) is 0 Å². The second-order valence-corrected chi connectivity index (χ2v) is 7.91. The topological polar surface area (TPSA) is 66.5 Å². The lowest BCUT2D eigenvalue weighted by molar-refractivity contribution is -0.147. The SMILES string of the molecule is O=C1C=C[C@]23C(c4ccccc4)=CC(=O)N2[C@H](c2ccc(Cl)cc2)C(=O)N[C@@H]3C1. The molecule has 5 nitrogen and oxygen atoms in total. The third kappa shape index (κ3) is 2.58. The average molecular weight is 405 g/mol. The van der Waals surface area contributed by atoms with E-state index in [-0.39, 0.29) is 24.0 Å². The molecule has 2 aromatic rings. The number of nitrogens with one attached hydrogen (secondary N) is 1. The van der Waals surface area contributed by atoms with Crippen molar-refractivity contribution in [2.45, 2.75) is 24.0 Å². The second-order valence-electron chi connectivity index (χ2n) is 7.48. The standard InChI is InChI=1S/C23H17ClN2O3/c24-16-8-6-15(7-9-16)21-22(29)25-19-12-17(27)10-11-23(19)18(13-20(28)26(21)23)14-4-2-1-3-5-14/h1-11,13,19,21H,12H2,(H,25,29)/t19-,21-,23-/m1/s1. The smallest absolute Gasteiger partial charge is 0.248 e. The van der Waals surface area contributed by atoms with Gasteiger partial charge in [0.1, 0.15) is 11.6 Å². The van der Waals surface area contributed by atoms with E-state index in [1.54, 1.807) is 41.3 Å². The van der Waals surface area contributed by atoms with E-state index in [2.05, 4.69) is 5.32 Å². The molecule has 3 atom stereocenters. The molecule has 29 heavy (non-hydrogen) atoms. The van der Waals surface area contributed by atoms with Gasteiger partial charge in [-0.3, -0.25) is 14.4 Å². The summed E-state index contributed by atoms with van der Waals surface area (Å²) >= 11 is 6.02. The number of halogens is 1. The predicted octanol–water partition coefficient (Wildman–Crippen LogP) is 3.07. The maximum atomic E-state index is 13.2. The molecule has 0 radical (unpaired) electrons. The first kappa shape index (κ1) is 17.9. The molecule has 2 aliphatic heterocycles. The van der Waals surface area contributed by atoms with E-state index >= 15 is 0 Å². The van der Waals surface area contributed by atoms with Crippen LogP contribution in [0, 0.1) is 0 Å². The van der Waals surface area contributed by atoms with Gasteiger partial charge >= 0.3 is 0 Å². The zero-order valence-electron chi connectivity index (χ0n) is 15.3. The van der Waals surface area contributed by atoms with Crippen LogP contribution >= 0.6 is 11.6 Å². The zero-order valence-corrected chi connectivity index (χ0v) is 16.1. The number of hydrogen-bond donors (Lipinski definition) is 1. The average Bonchev–Trinajstić information content (AvgIpc) is 3.01. The minimum absolute atomic E-state index is 0.0717. The normalized spacial score (nSPS) is 28.0. The van der Waals surface area contributed by atoms with E-state index in [0.717, 1.165) is 11.1 Å². The van der Waals surface area contributed by atoms with Crippen LogP contribution in [0.4, 0.5) is 0 Å². The lowest BCUT2D eigenvalue weighted by atomic mass is 9.72. The lowest BCUT2D eigenvalue weighted by Crippen LogP contribution is -2.69. The van der Waals surface area contributed by atoms with Crippen molar-refractivity contribution in [1.82, 2.24) is 10.2 Å². The van der Waals surface area contributed by atoms with E-state index in [4.69, 9.17) is 11.6 Å². The number of carbonyl (C=O) groups is 3. The summed E-state index contributed by atoms with van der Waals surface area (Å²) in [6.07, 6.45) is 5.03. The number of carbonyl (C=O) groups excluding carboxylic acids is 3. The van der Waals surface area contributed by atoms with E-state index in [9.17, 15) is 14.4 Å². The molecule has 1 N–H and O–H groups in total. The van der Waals surface area contributed by atoms with Crippen molar-refractivity contribution in [1.29, 1.82) is 0 Å². The van der Waals surface area contributed by atoms with Crippen molar-refractivity contribution in [2.75, 3.05) is 0 Å². The summed E-state index contributed by atoms with van der Waals surface area (Å²) in [6, 6.07) is 15.2. The molecule has 1 aliphatic carbocycles. The van der Waals surface area contributed by atoms with Crippen LogP contribution in [0.5, 0.6) is 0 Å². The summed E-state index contributed by atoms with van der Waals surface area (Å²) < 4.78 is 0. The summed E-state index contributed by atoms with van der Waals surface area (Å²) in [6.45, 7) is 0. The molecular formula is C23H17ClN2O3. The molecule has 1 fully saturated rings. The first-order chi connectivity index (χ1) is 14.0. The zero-order chi connectivity index (χ0) is 20.2. The molecule has 2 aromatic carbocycles. The van der Waals surface area contributed by atoms with Crippen LogP contribution in [0.2, 0.25) is 5.02 Å². The fraction of sp³-hybridized carbons (Fsp3) is 0.174. The fourth-order valence-corrected chi connectivity index (χ4v) is 4.78. The summed E-state index contributed by atoms with van der Waals surface area (Å²) in [5.74, 6) is -0.618. The summed E-state index contributed by atoms with van der Waals surface area (Å²) in [4.78, 5) is 40.1. The molecule has 0 saturated carbocycles. The van der Waals surface area contributed by atoms with Gasteiger partial charge in [0.25, 0.3) is 0 Å². The van der Waals surface area contributed by atoms with Gasteiger partial charge in [0.2, 0.25) is 11.8 Å². The Kier molecular flexibility index (Phi) is 3.96. The summed E-state index contributed by atoms with van der Waals surface area (Å²) in [7, 11) is 0. The molecule has 1 saturated heterocycles. The van der Waals surface area contributed by atoms with E-state index < -0.39 is 17.6 Å². The highest BCUT2D eigenvalue weighted by Crippen LogP contribution is 2.50. The van der Waals surface area contributed by atoms with Crippen molar-refractivity contribution in [3.05, 3.63) is 89.0 Å². The van der Waals surface area contributed by atoms with E-state index in [1.807, 2.05) is 30.3 Å². The summed E-state index contributed by atoms with van der Waals surface area (Å²) in [5.41, 5.74) is 1.44. The molecule has 0 bridgehead atoms. The van der Waals surface area contributed by atoms with Gasteiger partial charge in [-0.1, -0.05) is 54.1 Å². The van der Waals surface area contributed by atoms with Crippen LogP contribution in [-0.4, -0.2) is 34.1 Å². The van der Waals surface area contributed by atoms with Crippen LogP contribution in [0.25, 0.3) is 5.57 Å². The largest absolute Gasteiger partial charge is 0.348 e. The molecule has 1 spiro atoms. The Hall–Kier alpha value is -3.18. The number of amides is 2. The Morgan fingerprint density at radius 1 is 1.00 bits per heavy atom. The Labute approximate surface area is 172 Å². The maximum Gasteiger partial charge on any atom is 0.248 e. The van der Waals surface area contributed by atoms with Crippen LogP contribution in [-0.2, 0) is 14.4 Å². The van der Waals surface area contributed by atoms with Crippen LogP contribution in [0.15, 0.2) is 72.8 Å². The van der Waals surface area contributed by atoms with Crippen molar-refractivity contribution in [3.63, 3.8) is 0 Å². The quantitative estimate of drug-likeness (QED) is 0.836. The Morgan fingerprint density at radius 2 is 1.72 bits per heavy atom. The van der Waals surface area contributed by atoms with E-state index in [1.165, 1.54) is 6.08 Å². The highest BCUT2D eigenvalue weighted by atomic mass is 35.5.